The van der Waals surface area contributed by atoms with E-state index in [2.05, 4.69) is 37.7 Å². The van der Waals surface area contributed by atoms with Crippen LogP contribution in [0.15, 0.2) is 30.3 Å². The molecule has 1 aliphatic rings. The quantitative estimate of drug-likeness (QED) is 0.732. The SMILES string of the molecule is COc1ccc(/C(C)=C/C(=O)N2CC(C)N(CCN(C)C)C(C)C2)cc1. The number of hydrogen-bond donors (Lipinski definition) is 0. The molecule has 2 atom stereocenters. The van der Waals surface area contributed by atoms with Crippen LogP contribution in [0.4, 0.5) is 0 Å². The van der Waals surface area contributed by atoms with Crippen LogP contribution in [0.25, 0.3) is 5.57 Å². The van der Waals surface area contributed by atoms with Gasteiger partial charge in [0, 0.05) is 44.3 Å². The third-order valence-corrected chi connectivity index (χ3v) is 5.10. The molecule has 1 heterocycles. The number of carbonyl (C=O) groups is 1. The lowest BCUT2D eigenvalue weighted by atomic mass is 10.1. The molecule has 1 aliphatic heterocycles. The van der Waals surface area contributed by atoms with Crippen molar-refractivity contribution in [3.8, 4) is 5.75 Å². The standard InChI is InChI=1S/C21H33N3O2/c1-16(19-7-9-20(26-6)10-8-19)13-21(25)23-14-17(2)24(18(3)15-23)12-11-22(4)5/h7-10,13,17-18H,11-12,14-15H2,1-6H3/b16-13+. The molecule has 0 aliphatic carbocycles. The lowest BCUT2D eigenvalue weighted by Crippen LogP contribution is -2.58. The molecule has 0 spiro atoms. The molecule has 2 rings (SSSR count). The molecule has 144 valence electrons. The topological polar surface area (TPSA) is 36.0 Å². The third kappa shape index (κ3) is 5.32. The normalized spacial score (nSPS) is 22.0. The molecule has 0 bridgehead atoms. The number of nitrogens with zero attached hydrogens (tertiary/aromatic N) is 3. The highest BCUT2D eigenvalue weighted by Gasteiger charge is 2.30. The number of carbonyl (C=O) groups excluding carboxylic acids is 1. The Bertz CT molecular complexity index is 613. The van der Waals surface area contributed by atoms with Gasteiger partial charge in [0.1, 0.15) is 5.75 Å². The zero-order chi connectivity index (χ0) is 19.3. The van der Waals surface area contributed by atoms with Crippen molar-refractivity contribution in [3.63, 3.8) is 0 Å². The molecule has 0 saturated carbocycles. The molecule has 5 heteroatoms. The van der Waals surface area contributed by atoms with Gasteiger partial charge < -0.3 is 14.5 Å². The van der Waals surface area contributed by atoms with E-state index in [1.165, 1.54) is 0 Å². The maximum Gasteiger partial charge on any atom is 0.246 e. The predicted octanol–water partition coefficient (Wildman–Crippen LogP) is 2.58. The Labute approximate surface area is 158 Å². The summed E-state index contributed by atoms with van der Waals surface area (Å²) in [5.74, 6) is 0.925. The lowest BCUT2D eigenvalue weighted by Gasteiger charge is -2.44. The van der Waals surface area contributed by atoms with Crippen molar-refractivity contribution in [2.75, 3.05) is 47.4 Å². The average Bonchev–Trinajstić information content (AvgIpc) is 2.60. The Morgan fingerprint density at radius 2 is 1.77 bits per heavy atom. The van der Waals surface area contributed by atoms with Crippen LogP contribution >= 0.6 is 0 Å². The summed E-state index contributed by atoms with van der Waals surface area (Å²) in [7, 11) is 5.85. The number of likely N-dealkylation sites (N-methyl/N-ethyl adjacent to an activating group) is 1. The van der Waals surface area contributed by atoms with Gasteiger partial charge in [-0.15, -0.1) is 0 Å². The summed E-state index contributed by atoms with van der Waals surface area (Å²) in [6.07, 6.45) is 1.76. The van der Waals surface area contributed by atoms with Gasteiger partial charge in [-0.2, -0.15) is 0 Å². The maximum atomic E-state index is 12.8. The molecule has 26 heavy (non-hydrogen) atoms. The van der Waals surface area contributed by atoms with Crippen LogP contribution in [-0.4, -0.2) is 80.1 Å². The van der Waals surface area contributed by atoms with Gasteiger partial charge in [0.25, 0.3) is 0 Å². The van der Waals surface area contributed by atoms with Gasteiger partial charge in [-0.05, 0) is 58.1 Å². The fourth-order valence-electron chi connectivity index (χ4n) is 3.51. The second-order valence-electron chi connectivity index (χ2n) is 7.54. The molecular formula is C21H33N3O2. The van der Waals surface area contributed by atoms with Crippen LogP contribution in [0.1, 0.15) is 26.3 Å². The Balaban J connectivity index is 2.01. The zero-order valence-corrected chi connectivity index (χ0v) is 17.0. The van der Waals surface area contributed by atoms with Crippen LogP contribution in [0.3, 0.4) is 0 Å². The number of hydrogen-bond acceptors (Lipinski definition) is 4. The van der Waals surface area contributed by atoms with Gasteiger partial charge in [0.2, 0.25) is 5.91 Å². The van der Waals surface area contributed by atoms with E-state index in [0.29, 0.717) is 12.1 Å². The van der Waals surface area contributed by atoms with Crippen molar-refractivity contribution in [3.05, 3.63) is 35.9 Å². The minimum Gasteiger partial charge on any atom is -0.497 e. The molecule has 1 aromatic carbocycles. The number of methoxy groups -OCH3 is 1. The monoisotopic (exact) mass is 359 g/mol. The Hall–Kier alpha value is -1.85. The van der Waals surface area contributed by atoms with E-state index in [4.69, 9.17) is 4.74 Å². The molecule has 1 saturated heterocycles. The average molecular weight is 360 g/mol. The number of ether oxygens (including phenoxy) is 1. The molecule has 1 amide bonds. The van der Waals surface area contributed by atoms with Crippen molar-refractivity contribution in [2.45, 2.75) is 32.9 Å². The summed E-state index contributed by atoms with van der Waals surface area (Å²) in [4.78, 5) is 19.5. The number of allylic oxidation sites excluding steroid dienone is 1. The first-order valence-electron chi connectivity index (χ1n) is 9.34. The van der Waals surface area contributed by atoms with Crippen molar-refractivity contribution in [2.24, 2.45) is 0 Å². The molecule has 1 aromatic rings. The highest BCUT2D eigenvalue weighted by Crippen LogP contribution is 2.20. The first-order chi connectivity index (χ1) is 12.3. The highest BCUT2D eigenvalue weighted by molar-refractivity contribution is 5.95. The van der Waals surface area contributed by atoms with Crippen LogP contribution in [0, 0.1) is 0 Å². The number of rotatable bonds is 6. The van der Waals surface area contributed by atoms with Gasteiger partial charge in [-0.3, -0.25) is 9.69 Å². The summed E-state index contributed by atoms with van der Waals surface area (Å²) in [6, 6.07) is 8.56. The van der Waals surface area contributed by atoms with Gasteiger partial charge in [0.05, 0.1) is 7.11 Å². The lowest BCUT2D eigenvalue weighted by molar-refractivity contribution is -0.130. The van der Waals surface area contributed by atoms with Gasteiger partial charge >= 0.3 is 0 Å². The van der Waals surface area contributed by atoms with E-state index in [0.717, 1.165) is 43.1 Å². The second-order valence-corrected chi connectivity index (χ2v) is 7.54. The molecule has 0 aromatic heterocycles. The summed E-state index contributed by atoms with van der Waals surface area (Å²) in [6.45, 7) is 10.1. The van der Waals surface area contributed by atoms with E-state index in [9.17, 15) is 4.79 Å². The van der Waals surface area contributed by atoms with E-state index >= 15 is 0 Å². The number of piperazine rings is 1. The fourth-order valence-corrected chi connectivity index (χ4v) is 3.51. The molecular weight excluding hydrogens is 326 g/mol. The number of amides is 1. The summed E-state index contributed by atoms with van der Waals surface area (Å²) >= 11 is 0. The molecule has 1 fully saturated rings. The van der Waals surface area contributed by atoms with Crippen molar-refractivity contribution in [1.29, 1.82) is 0 Å². The Morgan fingerprint density at radius 1 is 1.19 bits per heavy atom. The molecule has 0 N–H and O–H groups in total. The van der Waals surface area contributed by atoms with Crippen molar-refractivity contribution in [1.82, 2.24) is 14.7 Å². The van der Waals surface area contributed by atoms with Crippen LogP contribution < -0.4 is 4.74 Å². The van der Waals surface area contributed by atoms with E-state index in [1.807, 2.05) is 36.1 Å². The van der Waals surface area contributed by atoms with E-state index in [1.54, 1.807) is 13.2 Å². The summed E-state index contributed by atoms with van der Waals surface area (Å²) < 4.78 is 5.19. The second kappa shape index (κ2) is 9.19. The van der Waals surface area contributed by atoms with Crippen LogP contribution in [0.5, 0.6) is 5.75 Å². The van der Waals surface area contributed by atoms with Crippen molar-refractivity contribution >= 4 is 11.5 Å². The first kappa shape index (κ1) is 20.5. The number of benzene rings is 1. The van der Waals surface area contributed by atoms with Gasteiger partial charge in [0.15, 0.2) is 0 Å². The highest BCUT2D eigenvalue weighted by atomic mass is 16.5. The zero-order valence-electron chi connectivity index (χ0n) is 17.0. The Morgan fingerprint density at radius 3 is 2.27 bits per heavy atom. The fraction of sp³-hybridized carbons (Fsp3) is 0.571. The minimum absolute atomic E-state index is 0.101. The van der Waals surface area contributed by atoms with E-state index in [-0.39, 0.29) is 5.91 Å². The summed E-state index contributed by atoms with van der Waals surface area (Å²) in [5.41, 5.74) is 2.03. The van der Waals surface area contributed by atoms with Crippen LogP contribution in [0.2, 0.25) is 0 Å². The van der Waals surface area contributed by atoms with Gasteiger partial charge in [-0.1, -0.05) is 12.1 Å². The predicted molar refractivity (Wildman–Crippen MR) is 107 cm³/mol. The van der Waals surface area contributed by atoms with Crippen LogP contribution in [-0.2, 0) is 4.79 Å². The van der Waals surface area contributed by atoms with Crippen molar-refractivity contribution < 1.29 is 9.53 Å². The largest absolute Gasteiger partial charge is 0.497 e. The van der Waals surface area contributed by atoms with E-state index < -0.39 is 0 Å². The smallest absolute Gasteiger partial charge is 0.246 e. The summed E-state index contributed by atoms with van der Waals surface area (Å²) in [5, 5.41) is 0. The van der Waals surface area contributed by atoms with Gasteiger partial charge in [-0.25, -0.2) is 0 Å². The molecule has 0 radical (unpaired) electrons. The first-order valence-corrected chi connectivity index (χ1v) is 9.34. The minimum atomic E-state index is 0.101. The third-order valence-electron chi connectivity index (χ3n) is 5.10. The molecule has 5 nitrogen and oxygen atoms in total. The molecule has 2 unspecified atom stereocenters. The Kier molecular flexibility index (Phi) is 7.23. The maximum absolute atomic E-state index is 12.8.